The first-order valence-electron chi connectivity index (χ1n) is 4.55. The molecule has 0 aromatic carbocycles. The van der Waals surface area contributed by atoms with E-state index in [1.165, 1.54) is 4.90 Å². The highest BCUT2D eigenvalue weighted by Crippen LogP contribution is 2.14. The fourth-order valence-electron chi connectivity index (χ4n) is 0.951. The lowest BCUT2D eigenvalue weighted by molar-refractivity contribution is 0.616. The van der Waals surface area contributed by atoms with Crippen molar-refractivity contribution < 1.29 is 0 Å². The van der Waals surface area contributed by atoms with Crippen LogP contribution in [0.3, 0.4) is 0 Å². The smallest absolute Gasteiger partial charge is 0.0278 e. The summed E-state index contributed by atoms with van der Waals surface area (Å²) < 4.78 is 0. The number of nitrogens with one attached hydrogen (secondary N) is 1. The van der Waals surface area contributed by atoms with E-state index in [0.717, 1.165) is 12.3 Å². The van der Waals surface area contributed by atoms with Crippen molar-refractivity contribution >= 4 is 11.8 Å². The first-order chi connectivity index (χ1) is 6.29. The summed E-state index contributed by atoms with van der Waals surface area (Å²) in [7, 11) is 0. The standard InChI is InChI=1S/C10H16N2S/c1-9(2)12-7-8-13-10-3-5-11-6-4-10/h3-6,9,12H,7-8H2,1-2H3. The van der Waals surface area contributed by atoms with Gasteiger partial charge in [0, 0.05) is 35.6 Å². The molecule has 0 radical (unpaired) electrons. The molecule has 1 rings (SSSR count). The van der Waals surface area contributed by atoms with Crippen molar-refractivity contribution in [1.29, 1.82) is 0 Å². The zero-order valence-corrected chi connectivity index (χ0v) is 8.97. The van der Waals surface area contributed by atoms with Crippen LogP contribution in [0.2, 0.25) is 0 Å². The third-order valence-corrected chi connectivity index (χ3v) is 2.59. The Labute approximate surface area is 84.1 Å². The predicted molar refractivity (Wildman–Crippen MR) is 58.1 cm³/mol. The molecule has 1 N–H and O–H groups in total. The van der Waals surface area contributed by atoms with Gasteiger partial charge < -0.3 is 5.32 Å². The summed E-state index contributed by atoms with van der Waals surface area (Å²) in [6, 6.07) is 4.66. The second kappa shape index (κ2) is 6.00. The van der Waals surface area contributed by atoms with Crippen LogP contribution in [-0.2, 0) is 0 Å². The van der Waals surface area contributed by atoms with Crippen molar-refractivity contribution in [3.8, 4) is 0 Å². The van der Waals surface area contributed by atoms with Crippen LogP contribution in [0.25, 0.3) is 0 Å². The molecule has 0 saturated carbocycles. The van der Waals surface area contributed by atoms with Crippen molar-refractivity contribution in [2.75, 3.05) is 12.3 Å². The van der Waals surface area contributed by atoms with Gasteiger partial charge in [0.15, 0.2) is 0 Å². The van der Waals surface area contributed by atoms with E-state index in [9.17, 15) is 0 Å². The number of pyridine rings is 1. The zero-order chi connectivity index (χ0) is 9.52. The van der Waals surface area contributed by atoms with Gasteiger partial charge in [0.2, 0.25) is 0 Å². The van der Waals surface area contributed by atoms with E-state index in [1.54, 1.807) is 0 Å². The van der Waals surface area contributed by atoms with Crippen LogP contribution >= 0.6 is 11.8 Å². The fourth-order valence-corrected chi connectivity index (χ4v) is 1.72. The summed E-state index contributed by atoms with van der Waals surface area (Å²) in [5.74, 6) is 1.11. The SMILES string of the molecule is CC(C)NCCSc1ccncc1. The van der Waals surface area contributed by atoms with Gasteiger partial charge in [0.1, 0.15) is 0 Å². The van der Waals surface area contributed by atoms with Gasteiger partial charge in [-0.05, 0) is 12.1 Å². The lowest BCUT2D eigenvalue weighted by Gasteiger charge is -2.06. The van der Waals surface area contributed by atoms with Gasteiger partial charge in [-0.15, -0.1) is 11.8 Å². The Bertz CT molecular complexity index is 224. The van der Waals surface area contributed by atoms with Crippen LogP contribution in [0, 0.1) is 0 Å². The molecule has 0 amide bonds. The molecule has 72 valence electrons. The molecule has 0 saturated heterocycles. The Balaban J connectivity index is 2.13. The van der Waals surface area contributed by atoms with Crippen LogP contribution in [-0.4, -0.2) is 23.3 Å². The minimum atomic E-state index is 0.582. The molecule has 0 unspecified atom stereocenters. The summed E-state index contributed by atoms with van der Waals surface area (Å²) in [6.45, 7) is 5.39. The predicted octanol–water partition coefficient (Wildman–Crippen LogP) is 2.17. The van der Waals surface area contributed by atoms with Crippen molar-refractivity contribution in [3.63, 3.8) is 0 Å². The van der Waals surface area contributed by atoms with E-state index in [-0.39, 0.29) is 0 Å². The number of hydrogen-bond donors (Lipinski definition) is 1. The summed E-state index contributed by atoms with van der Waals surface area (Å²) in [5, 5.41) is 3.38. The molecule has 0 aliphatic rings. The first-order valence-corrected chi connectivity index (χ1v) is 5.54. The van der Waals surface area contributed by atoms with Crippen LogP contribution in [0.4, 0.5) is 0 Å². The lowest BCUT2D eigenvalue weighted by atomic mass is 10.4. The Morgan fingerprint density at radius 1 is 1.38 bits per heavy atom. The third kappa shape index (κ3) is 4.90. The van der Waals surface area contributed by atoms with Gasteiger partial charge in [-0.3, -0.25) is 4.98 Å². The van der Waals surface area contributed by atoms with Gasteiger partial charge >= 0.3 is 0 Å². The van der Waals surface area contributed by atoms with Crippen LogP contribution < -0.4 is 5.32 Å². The molecule has 2 nitrogen and oxygen atoms in total. The molecule has 0 fully saturated rings. The summed E-state index contributed by atoms with van der Waals surface area (Å²) in [4.78, 5) is 5.27. The number of aromatic nitrogens is 1. The van der Waals surface area contributed by atoms with Crippen LogP contribution in [0.15, 0.2) is 29.4 Å². The van der Waals surface area contributed by atoms with Crippen molar-refractivity contribution in [2.45, 2.75) is 24.8 Å². The molecule has 1 aromatic heterocycles. The minimum Gasteiger partial charge on any atom is -0.314 e. The maximum Gasteiger partial charge on any atom is 0.0278 e. The molecule has 0 bridgehead atoms. The van der Waals surface area contributed by atoms with E-state index in [1.807, 2.05) is 36.3 Å². The highest BCUT2D eigenvalue weighted by atomic mass is 32.2. The summed E-state index contributed by atoms with van der Waals surface area (Å²) in [6.07, 6.45) is 3.66. The monoisotopic (exact) mass is 196 g/mol. The normalized spacial score (nSPS) is 10.7. The summed E-state index contributed by atoms with van der Waals surface area (Å²) in [5.41, 5.74) is 0. The molecule has 1 aromatic rings. The van der Waals surface area contributed by atoms with Gasteiger partial charge in [-0.2, -0.15) is 0 Å². The zero-order valence-electron chi connectivity index (χ0n) is 8.16. The van der Waals surface area contributed by atoms with Gasteiger partial charge in [-0.1, -0.05) is 13.8 Å². The van der Waals surface area contributed by atoms with E-state index < -0.39 is 0 Å². The molecular formula is C10H16N2S. The molecule has 0 aliphatic carbocycles. The minimum absolute atomic E-state index is 0.582. The third-order valence-electron chi connectivity index (χ3n) is 1.57. The second-order valence-electron chi connectivity index (χ2n) is 3.14. The Morgan fingerprint density at radius 2 is 2.08 bits per heavy atom. The largest absolute Gasteiger partial charge is 0.314 e. The average Bonchev–Trinajstić information content (AvgIpc) is 2.14. The van der Waals surface area contributed by atoms with E-state index in [2.05, 4.69) is 24.1 Å². The molecule has 0 spiro atoms. The highest BCUT2D eigenvalue weighted by molar-refractivity contribution is 7.99. The molecule has 1 heterocycles. The quantitative estimate of drug-likeness (QED) is 0.577. The second-order valence-corrected chi connectivity index (χ2v) is 4.31. The average molecular weight is 196 g/mol. The lowest BCUT2D eigenvalue weighted by Crippen LogP contribution is -2.24. The number of thioether (sulfide) groups is 1. The Kier molecular flexibility index (Phi) is 4.86. The molecule has 0 aliphatic heterocycles. The number of rotatable bonds is 5. The van der Waals surface area contributed by atoms with Gasteiger partial charge in [-0.25, -0.2) is 0 Å². The molecule has 3 heteroatoms. The van der Waals surface area contributed by atoms with Gasteiger partial charge in [0.25, 0.3) is 0 Å². The van der Waals surface area contributed by atoms with Crippen molar-refractivity contribution in [1.82, 2.24) is 10.3 Å². The van der Waals surface area contributed by atoms with Crippen LogP contribution in [0.1, 0.15) is 13.8 Å². The van der Waals surface area contributed by atoms with E-state index >= 15 is 0 Å². The van der Waals surface area contributed by atoms with Gasteiger partial charge in [0.05, 0.1) is 0 Å². The molecule has 0 atom stereocenters. The molecule has 13 heavy (non-hydrogen) atoms. The van der Waals surface area contributed by atoms with E-state index in [4.69, 9.17) is 0 Å². The number of nitrogens with zero attached hydrogens (tertiary/aromatic N) is 1. The fraction of sp³-hybridized carbons (Fsp3) is 0.500. The first kappa shape index (κ1) is 10.5. The topological polar surface area (TPSA) is 24.9 Å². The van der Waals surface area contributed by atoms with E-state index in [0.29, 0.717) is 6.04 Å². The molecular weight excluding hydrogens is 180 g/mol. The van der Waals surface area contributed by atoms with Crippen LogP contribution in [0.5, 0.6) is 0 Å². The Morgan fingerprint density at radius 3 is 2.69 bits per heavy atom. The maximum absolute atomic E-state index is 3.97. The van der Waals surface area contributed by atoms with Crippen molar-refractivity contribution in [3.05, 3.63) is 24.5 Å². The van der Waals surface area contributed by atoms with Crippen molar-refractivity contribution in [2.24, 2.45) is 0 Å². The summed E-state index contributed by atoms with van der Waals surface area (Å²) >= 11 is 1.86. The number of hydrogen-bond acceptors (Lipinski definition) is 3. The Hall–Kier alpha value is -0.540. The maximum atomic E-state index is 3.97. The highest BCUT2D eigenvalue weighted by Gasteiger charge is 1.93.